The van der Waals surface area contributed by atoms with Gasteiger partial charge in [-0.15, -0.1) is 0 Å². The van der Waals surface area contributed by atoms with Gasteiger partial charge >= 0.3 is 0 Å². The van der Waals surface area contributed by atoms with E-state index in [9.17, 15) is 23.9 Å². The first-order chi connectivity index (χ1) is 14.4. The third-order valence-corrected chi connectivity index (χ3v) is 5.71. The van der Waals surface area contributed by atoms with Crippen LogP contribution in [0.1, 0.15) is 19.3 Å². The zero-order valence-corrected chi connectivity index (χ0v) is 16.3. The van der Waals surface area contributed by atoms with E-state index in [1.165, 1.54) is 30.3 Å². The van der Waals surface area contributed by atoms with E-state index >= 15 is 0 Å². The molecule has 0 saturated carbocycles. The molecule has 7 nitrogen and oxygen atoms in total. The minimum atomic E-state index is -0.565. The van der Waals surface area contributed by atoms with Crippen LogP contribution in [0.3, 0.4) is 0 Å². The Morgan fingerprint density at radius 3 is 2.37 bits per heavy atom. The quantitative estimate of drug-likeness (QED) is 0.596. The molecule has 2 heterocycles. The Morgan fingerprint density at radius 2 is 1.70 bits per heavy atom. The topological polar surface area (TPSA) is 89.9 Å². The van der Waals surface area contributed by atoms with Gasteiger partial charge in [-0.05, 0) is 62.3 Å². The molecule has 2 saturated heterocycles. The summed E-state index contributed by atoms with van der Waals surface area (Å²) in [5, 5.41) is 12.6. The highest BCUT2D eigenvalue weighted by Crippen LogP contribution is 2.30. The first kappa shape index (κ1) is 20.0. The number of benzene rings is 2. The van der Waals surface area contributed by atoms with Crippen LogP contribution in [0.4, 0.5) is 15.8 Å². The summed E-state index contributed by atoms with van der Waals surface area (Å²) in [6, 6.07) is 11.3. The highest BCUT2D eigenvalue weighted by Gasteiger charge is 2.43. The predicted octanol–water partition coefficient (Wildman–Crippen LogP) is 2.51. The van der Waals surface area contributed by atoms with Gasteiger partial charge < -0.3 is 10.4 Å². The van der Waals surface area contributed by atoms with E-state index in [2.05, 4.69) is 5.32 Å². The van der Waals surface area contributed by atoms with Gasteiger partial charge in [-0.2, -0.15) is 0 Å². The number of piperidine rings is 1. The predicted molar refractivity (Wildman–Crippen MR) is 108 cm³/mol. The van der Waals surface area contributed by atoms with Crippen LogP contribution in [0.5, 0.6) is 5.75 Å². The summed E-state index contributed by atoms with van der Waals surface area (Å²) in [4.78, 5) is 40.9. The van der Waals surface area contributed by atoms with Gasteiger partial charge in [0.25, 0.3) is 5.91 Å². The van der Waals surface area contributed by atoms with Crippen molar-refractivity contribution in [2.75, 3.05) is 23.3 Å². The summed E-state index contributed by atoms with van der Waals surface area (Å²) < 4.78 is 13.2. The highest BCUT2D eigenvalue weighted by molar-refractivity contribution is 6.22. The van der Waals surface area contributed by atoms with Crippen LogP contribution in [0.25, 0.3) is 0 Å². The molecule has 4 rings (SSSR count). The van der Waals surface area contributed by atoms with E-state index in [1.54, 1.807) is 18.2 Å². The number of hydrogen-bond acceptors (Lipinski definition) is 5. The molecule has 2 aromatic rings. The largest absolute Gasteiger partial charge is 0.506 e. The first-order valence-corrected chi connectivity index (χ1v) is 9.89. The smallest absolute Gasteiger partial charge is 0.251 e. The molecule has 0 spiro atoms. The Balaban J connectivity index is 1.36. The average Bonchev–Trinajstić information content (AvgIpc) is 3.04. The van der Waals surface area contributed by atoms with E-state index in [1.807, 2.05) is 4.90 Å². The fourth-order valence-corrected chi connectivity index (χ4v) is 4.05. The van der Waals surface area contributed by atoms with Gasteiger partial charge in [-0.1, -0.05) is 12.1 Å². The molecule has 0 aromatic heterocycles. The van der Waals surface area contributed by atoms with Gasteiger partial charge in [0, 0.05) is 5.92 Å². The molecule has 1 atom stereocenters. The minimum absolute atomic E-state index is 0.0132. The molecule has 0 bridgehead atoms. The van der Waals surface area contributed by atoms with Gasteiger partial charge in [0.05, 0.1) is 23.8 Å². The number of aromatic hydroxyl groups is 1. The molecular formula is C22H22FN3O4. The lowest BCUT2D eigenvalue weighted by Gasteiger charge is -2.34. The zero-order valence-electron chi connectivity index (χ0n) is 16.3. The number of amides is 3. The van der Waals surface area contributed by atoms with Gasteiger partial charge in [0.1, 0.15) is 11.6 Å². The number of imide groups is 1. The number of para-hydroxylation sites is 2. The number of carbonyl (C=O) groups is 3. The standard InChI is InChI=1S/C22H22FN3O4/c23-15-5-7-16(8-6-15)26-20(28)13-18(22(26)30)25-11-9-14(10-12-25)21(29)24-17-3-1-2-4-19(17)27/h1-8,14,18,27H,9-13H2,(H,24,29). The molecular weight excluding hydrogens is 389 g/mol. The van der Waals surface area contributed by atoms with Crippen molar-refractivity contribution in [3.05, 3.63) is 54.3 Å². The summed E-state index contributed by atoms with van der Waals surface area (Å²) in [6.45, 7) is 1.03. The van der Waals surface area contributed by atoms with E-state index in [0.29, 0.717) is 37.3 Å². The summed E-state index contributed by atoms with van der Waals surface area (Å²) in [5.41, 5.74) is 0.738. The number of phenolic OH excluding ortho intramolecular Hbond substituents is 1. The fourth-order valence-electron chi connectivity index (χ4n) is 4.05. The van der Waals surface area contributed by atoms with E-state index < -0.39 is 11.9 Å². The molecule has 2 fully saturated rings. The van der Waals surface area contributed by atoms with Crippen molar-refractivity contribution >= 4 is 29.1 Å². The molecule has 8 heteroatoms. The van der Waals surface area contributed by atoms with Crippen molar-refractivity contribution in [2.24, 2.45) is 5.92 Å². The number of halogens is 1. The van der Waals surface area contributed by atoms with Crippen molar-refractivity contribution < 1.29 is 23.9 Å². The van der Waals surface area contributed by atoms with Crippen molar-refractivity contribution in [3.63, 3.8) is 0 Å². The SMILES string of the molecule is O=C(Nc1ccccc1O)C1CCN(C2CC(=O)N(c3ccc(F)cc3)C2=O)CC1. The van der Waals surface area contributed by atoms with Gasteiger partial charge in [0.2, 0.25) is 11.8 Å². The Kier molecular flexibility index (Phi) is 5.50. The summed E-state index contributed by atoms with van der Waals surface area (Å²) in [5.74, 6) is -1.45. The number of rotatable bonds is 4. The maximum absolute atomic E-state index is 13.2. The number of carbonyl (C=O) groups excluding carboxylic acids is 3. The summed E-state index contributed by atoms with van der Waals surface area (Å²) in [6.07, 6.45) is 1.17. The maximum atomic E-state index is 13.2. The number of hydrogen-bond donors (Lipinski definition) is 2. The minimum Gasteiger partial charge on any atom is -0.506 e. The van der Waals surface area contributed by atoms with Crippen LogP contribution in [-0.4, -0.2) is 46.9 Å². The Hall–Kier alpha value is -3.26. The Morgan fingerprint density at radius 1 is 1.03 bits per heavy atom. The van der Waals surface area contributed by atoms with Crippen LogP contribution in [0, 0.1) is 11.7 Å². The molecule has 2 aromatic carbocycles. The Labute approximate surface area is 173 Å². The normalized spacial score (nSPS) is 20.6. The van der Waals surface area contributed by atoms with Gasteiger partial charge in [-0.3, -0.25) is 19.3 Å². The van der Waals surface area contributed by atoms with Crippen molar-refractivity contribution in [1.29, 1.82) is 0 Å². The first-order valence-electron chi connectivity index (χ1n) is 9.89. The molecule has 2 aliphatic rings. The third-order valence-electron chi connectivity index (χ3n) is 5.71. The van der Waals surface area contributed by atoms with E-state index in [4.69, 9.17) is 0 Å². The van der Waals surface area contributed by atoms with Crippen molar-refractivity contribution in [2.45, 2.75) is 25.3 Å². The maximum Gasteiger partial charge on any atom is 0.251 e. The molecule has 2 N–H and O–H groups in total. The number of likely N-dealkylation sites (tertiary alicyclic amines) is 1. The average molecular weight is 411 g/mol. The van der Waals surface area contributed by atoms with Crippen molar-refractivity contribution in [3.8, 4) is 5.75 Å². The lowest BCUT2D eigenvalue weighted by Crippen LogP contribution is -2.47. The molecule has 1 unspecified atom stereocenters. The molecule has 30 heavy (non-hydrogen) atoms. The van der Waals surface area contributed by atoms with E-state index in [0.717, 1.165) is 4.90 Å². The van der Waals surface area contributed by atoms with E-state index in [-0.39, 0.29) is 35.8 Å². The molecule has 156 valence electrons. The third kappa shape index (κ3) is 3.91. The summed E-state index contributed by atoms with van der Waals surface area (Å²) in [7, 11) is 0. The van der Waals surface area contributed by atoms with Crippen LogP contribution in [0.2, 0.25) is 0 Å². The highest BCUT2D eigenvalue weighted by atomic mass is 19.1. The Bertz CT molecular complexity index is 971. The summed E-state index contributed by atoms with van der Waals surface area (Å²) >= 11 is 0. The monoisotopic (exact) mass is 411 g/mol. The van der Waals surface area contributed by atoms with Crippen LogP contribution in [0.15, 0.2) is 48.5 Å². The van der Waals surface area contributed by atoms with Gasteiger partial charge in [0.15, 0.2) is 0 Å². The second kappa shape index (κ2) is 8.23. The second-order valence-electron chi connectivity index (χ2n) is 7.58. The lowest BCUT2D eigenvalue weighted by atomic mass is 9.94. The second-order valence-corrected chi connectivity index (χ2v) is 7.58. The van der Waals surface area contributed by atoms with Crippen molar-refractivity contribution in [1.82, 2.24) is 4.90 Å². The number of nitrogens with one attached hydrogen (secondary N) is 1. The van der Waals surface area contributed by atoms with Gasteiger partial charge in [-0.25, -0.2) is 9.29 Å². The van der Waals surface area contributed by atoms with Crippen LogP contribution < -0.4 is 10.2 Å². The number of anilines is 2. The lowest BCUT2D eigenvalue weighted by molar-refractivity contribution is -0.123. The zero-order chi connectivity index (χ0) is 21.3. The molecule has 2 aliphatic heterocycles. The van der Waals surface area contributed by atoms with Crippen LogP contribution in [-0.2, 0) is 14.4 Å². The molecule has 0 radical (unpaired) electrons. The fraction of sp³-hybridized carbons (Fsp3) is 0.318. The number of phenols is 1. The van der Waals surface area contributed by atoms with Crippen LogP contribution >= 0.6 is 0 Å². The number of nitrogens with zero attached hydrogens (tertiary/aromatic N) is 2. The molecule has 3 amide bonds. The molecule has 0 aliphatic carbocycles.